The third-order valence-electron chi connectivity index (χ3n) is 1.80. The molecule has 1 aromatic rings. The zero-order chi connectivity index (χ0) is 10.7. The smallest absolute Gasteiger partial charge is 0.339 e. The van der Waals surface area contributed by atoms with Crippen LogP contribution < -0.4 is 5.56 Å². The second kappa shape index (κ2) is 4.41. The summed E-state index contributed by atoms with van der Waals surface area (Å²) in [6.07, 6.45) is 1.49. The van der Waals surface area contributed by atoms with Gasteiger partial charge in [0.2, 0.25) is 0 Å². The van der Waals surface area contributed by atoms with Gasteiger partial charge in [-0.3, -0.25) is 4.79 Å². The largest absolute Gasteiger partial charge is 0.465 e. The second-order valence-corrected chi connectivity index (χ2v) is 3.51. The molecule has 1 rings (SSSR count). The van der Waals surface area contributed by atoms with E-state index in [9.17, 15) is 9.59 Å². The molecule has 14 heavy (non-hydrogen) atoms. The van der Waals surface area contributed by atoms with Gasteiger partial charge >= 0.3 is 5.97 Å². The van der Waals surface area contributed by atoms with E-state index in [1.165, 1.54) is 23.9 Å². The number of aromatic nitrogens is 1. The van der Waals surface area contributed by atoms with Crippen LogP contribution in [-0.2, 0) is 11.3 Å². The first-order valence-corrected chi connectivity index (χ1v) is 4.87. The van der Waals surface area contributed by atoms with Crippen molar-refractivity contribution in [3.63, 3.8) is 0 Å². The number of pyridine rings is 1. The van der Waals surface area contributed by atoms with Crippen LogP contribution in [0.15, 0.2) is 21.5 Å². The second-order valence-electron chi connectivity index (χ2n) is 2.66. The fourth-order valence-electron chi connectivity index (χ4n) is 1.06. The SMILES string of the molecule is CCn1cc(C(=O)OC)cc(Br)c1=O. The molecule has 0 amide bonds. The Morgan fingerprint density at radius 3 is 2.79 bits per heavy atom. The fourth-order valence-corrected chi connectivity index (χ4v) is 1.54. The summed E-state index contributed by atoms with van der Waals surface area (Å²) in [4.78, 5) is 22.6. The van der Waals surface area contributed by atoms with Crippen LogP contribution in [0.5, 0.6) is 0 Å². The molecule has 0 N–H and O–H groups in total. The van der Waals surface area contributed by atoms with Crippen LogP contribution >= 0.6 is 15.9 Å². The van der Waals surface area contributed by atoms with Crippen LogP contribution in [0.25, 0.3) is 0 Å². The molecule has 0 bridgehead atoms. The van der Waals surface area contributed by atoms with Crippen molar-refractivity contribution in [3.8, 4) is 0 Å². The Labute approximate surface area is 89.6 Å². The van der Waals surface area contributed by atoms with Gasteiger partial charge in [-0.25, -0.2) is 4.79 Å². The Kier molecular flexibility index (Phi) is 3.46. The molecular weight excluding hydrogens is 250 g/mol. The number of nitrogens with zero attached hydrogens (tertiary/aromatic N) is 1. The highest BCUT2D eigenvalue weighted by molar-refractivity contribution is 9.10. The van der Waals surface area contributed by atoms with Crippen molar-refractivity contribution in [1.29, 1.82) is 0 Å². The fraction of sp³-hybridized carbons (Fsp3) is 0.333. The predicted octanol–water partition coefficient (Wildman–Crippen LogP) is 1.42. The van der Waals surface area contributed by atoms with Crippen LogP contribution in [0, 0.1) is 0 Å². The maximum absolute atomic E-state index is 11.4. The van der Waals surface area contributed by atoms with Crippen LogP contribution in [0.3, 0.4) is 0 Å². The average molecular weight is 260 g/mol. The highest BCUT2D eigenvalue weighted by atomic mass is 79.9. The van der Waals surface area contributed by atoms with Gasteiger partial charge in [-0.05, 0) is 28.9 Å². The molecule has 0 aromatic carbocycles. The minimum atomic E-state index is -0.451. The summed E-state index contributed by atoms with van der Waals surface area (Å²) in [5, 5.41) is 0. The molecule has 0 saturated heterocycles. The summed E-state index contributed by atoms with van der Waals surface area (Å²) in [5.74, 6) is -0.451. The van der Waals surface area contributed by atoms with E-state index in [0.717, 1.165) is 0 Å². The first-order valence-electron chi connectivity index (χ1n) is 4.08. The van der Waals surface area contributed by atoms with E-state index in [1.54, 1.807) is 0 Å². The normalized spacial score (nSPS) is 9.93. The maximum Gasteiger partial charge on any atom is 0.339 e. The first-order chi connectivity index (χ1) is 6.60. The van der Waals surface area contributed by atoms with Crippen molar-refractivity contribution in [2.45, 2.75) is 13.5 Å². The van der Waals surface area contributed by atoms with Crippen LogP contribution in [0.2, 0.25) is 0 Å². The van der Waals surface area contributed by atoms with Crippen molar-refractivity contribution in [3.05, 3.63) is 32.7 Å². The topological polar surface area (TPSA) is 48.3 Å². The zero-order valence-electron chi connectivity index (χ0n) is 7.91. The number of carbonyl (C=O) groups is 1. The monoisotopic (exact) mass is 259 g/mol. The maximum atomic E-state index is 11.4. The molecule has 0 saturated carbocycles. The lowest BCUT2D eigenvalue weighted by molar-refractivity contribution is 0.0599. The van der Waals surface area contributed by atoms with E-state index >= 15 is 0 Å². The van der Waals surface area contributed by atoms with E-state index in [1.807, 2.05) is 6.92 Å². The Morgan fingerprint density at radius 1 is 1.64 bits per heavy atom. The minimum absolute atomic E-state index is 0.153. The van der Waals surface area contributed by atoms with Gasteiger partial charge in [0.25, 0.3) is 5.56 Å². The molecule has 4 nitrogen and oxygen atoms in total. The van der Waals surface area contributed by atoms with Gasteiger partial charge in [-0.1, -0.05) is 0 Å². The molecule has 5 heteroatoms. The summed E-state index contributed by atoms with van der Waals surface area (Å²) in [5.41, 5.74) is 0.209. The number of carbonyl (C=O) groups excluding carboxylic acids is 1. The third kappa shape index (κ3) is 2.04. The summed E-state index contributed by atoms with van der Waals surface area (Å²) < 4.78 is 6.36. The van der Waals surface area contributed by atoms with Crippen molar-refractivity contribution in [2.24, 2.45) is 0 Å². The number of ether oxygens (including phenoxy) is 1. The van der Waals surface area contributed by atoms with Crippen LogP contribution in [0.4, 0.5) is 0 Å². The standard InChI is InChI=1S/C9H10BrNO3/c1-3-11-5-6(9(13)14-2)4-7(10)8(11)12/h4-5H,3H2,1-2H3. The molecule has 0 radical (unpaired) electrons. The van der Waals surface area contributed by atoms with Crippen molar-refractivity contribution >= 4 is 21.9 Å². The molecule has 0 aliphatic carbocycles. The lowest BCUT2D eigenvalue weighted by Crippen LogP contribution is -2.21. The van der Waals surface area contributed by atoms with Crippen molar-refractivity contribution < 1.29 is 9.53 Å². The zero-order valence-corrected chi connectivity index (χ0v) is 9.50. The van der Waals surface area contributed by atoms with E-state index < -0.39 is 5.97 Å². The number of aryl methyl sites for hydroxylation is 1. The summed E-state index contributed by atoms with van der Waals surface area (Å²) in [6, 6.07) is 1.46. The lowest BCUT2D eigenvalue weighted by Gasteiger charge is -2.05. The van der Waals surface area contributed by atoms with Crippen molar-refractivity contribution in [1.82, 2.24) is 4.57 Å². The molecule has 0 spiro atoms. The Balaban J connectivity index is 3.30. The number of hydrogen-bond acceptors (Lipinski definition) is 3. The van der Waals surface area contributed by atoms with Crippen molar-refractivity contribution in [2.75, 3.05) is 7.11 Å². The van der Waals surface area contributed by atoms with E-state index in [4.69, 9.17) is 0 Å². The molecule has 1 heterocycles. The molecule has 1 aromatic heterocycles. The Hall–Kier alpha value is -1.10. The quantitative estimate of drug-likeness (QED) is 0.755. The molecule has 0 fully saturated rings. The number of halogens is 1. The Morgan fingerprint density at radius 2 is 2.29 bits per heavy atom. The number of hydrogen-bond donors (Lipinski definition) is 0. The predicted molar refractivity (Wildman–Crippen MR) is 55.4 cm³/mol. The van der Waals surface area contributed by atoms with Crippen LogP contribution in [0.1, 0.15) is 17.3 Å². The van der Waals surface area contributed by atoms with Gasteiger partial charge in [0.15, 0.2) is 0 Å². The summed E-state index contributed by atoms with van der Waals surface area (Å²) >= 11 is 3.09. The molecule has 0 aliphatic heterocycles. The van der Waals surface area contributed by atoms with Gasteiger partial charge < -0.3 is 9.30 Å². The summed E-state index contributed by atoms with van der Waals surface area (Å²) in [7, 11) is 1.30. The molecular formula is C9H10BrNO3. The number of rotatable bonds is 2. The van der Waals surface area contributed by atoms with E-state index in [2.05, 4.69) is 20.7 Å². The van der Waals surface area contributed by atoms with Gasteiger partial charge in [0.1, 0.15) is 0 Å². The van der Waals surface area contributed by atoms with Gasteiger partial charge in [0.05, 0.1) is 17.1 Å². The highest BCUT2D eigenvalue weighted by Crippen LogP contribution is 2.08. The molecule has 0 atom stereocenters. The Bertz CT molecular complexity index is 411. The first kappa shape index (κ1) is 11.0. The molecule has 76 valence electrons. The molecule has 0 aliphatic rings. The van der Waals surface area contributed by atoms with Crippen LogP contribution in [-0.4, -0.2) is 17.6 Å². The van der Waals surface area contributed by atoms with Gasteiger partial charge in [-0.15, -0.1) is 0 Å². The number of methoxy groups -OCH3 is 1. The lowest BCUT2D eigenvalue weighted by atomic mass is 10.3. The average Bonchev–Trinajstić information content (AvgIpc) is 2.20. The van der Waals surface area contributed by atoms with Gasteiger partial charge in [0, 0.05) is 12.7 Å². The highest BCUT2D eigenvalue weighted by Gasteiger charge is 2.09. The van der Waals surface area contributed by atoms with E-state index in [-0.39, 0.29) is 5.56 Å². The molecule has 0 unspecified atom stereocenters. The summed E-state index contributed by atoms with van der Waals surface area (Å²) in [6.45, 7) is 2.34. The van der Waals surface area contributed by atoms with Gasteiger partial charge in [-0.2, -0.15) is 0 Å². The minimum Gasteiger partial charge on any atom is -0.465 e. The van der Waals surface area contributed by atoms with E-state index in [0.29, 0.717) is 16.6 Å². The third-order valence-corrected chi connectivity index (χ3v) is 2.37. The number of esters is 1.